The quantitative estimate of drug-likeness (QED) is 0.901. The molecule has 0 atom stereocenters. The lowest BCUT2D eigenvalue weighted by molar-refractivity contribution is 0.159. The molecule has 0 amide bonds. The lowest BCUT2D eigenvalue weighted by Crippen LogP contribution is -2.33. The number of hydrogen-bond acceptors (Lipinski definition) is 2. The van der Waals surface area contributed by atoms with Crippen molar-refractivity contribution >= 4 is 15.9 Å². The van der Waals surface area contributed by atoms with Crippen LogP contribution in [0.1, 0.15) is 19.4 Å². The van der Waals surface area contributed by atoms with Crippen LogP contribution in [-0.2, 0) is 6.54 Å². The summed E-state index contributed by atoms with van der Waals surface area (Å²) >= 11 is 3.35. The standard InChI is InChI=1S/C12H17BrFNO/c1-9(2)15(5-6-16)8-10-3-4-11(14)7-12(10)13/h3-4,7,9,16H,5-6,8H2,1-2H3. The lowest BCUT2D eigenvalue weighted by atomic mass is 10.2. The molecule has 0 saturated carbocycles. The maximum atomic E-state index is 12.9. The predicted molar refractivity (Wildman–Crippen MR) is 66.7 cm³/mol. The van der Waals surface area contributed by atoms with E-state index in [0.717, 1.165) is 10.0 Å². The Morgan fingerprint density at radius 1 is 1.44 bits per heavy atom. The fourth-order valence-corrected chi connectivity index (χ4v) is 1.99. The average Bonchev–Trinajstić information content (AvgIpc) is 2.20. The van der Waals surface area contributed by atoms with E-state index in [0.29, 0.717) is 19.1 Å². The number of benzene rings is 1. The van der Waals surface area contributed by atoms with Gasteiger partial charge in [0.2, 0.25) is 0 Å². The zero-order valence-corrected chi connectivity index (χ0v) is 11.2. The molecule has 0 bridgehead atoms. The fraction of sp³-hybridized carbons (Fsp3) is 0.500. The van der Waals surface area contributed by atoms with Crippen LogP contribution >= 0.6 is 15.9 Å². The third-order valence-electron chi connectivity index (χ3n) is 2.51. The Hall–Kier alpha value is -0.450. The van der Waals surface area contributed by atoms with Crippen molar-refractivity contribution in [3.05, 3.63) is 34.1 Å². The van der Waals surface area contributed by atoms with Gasteiger partial charge in [-0.2, -0.15) is 0 Å². The molecule has 1 N–H and O–H groups in total. The Kier molecular flexibility index (Phi) is 5.38. The monoisotopic (exact) mass is 289 g/mol. The molecule has 0 spiro atoms. The van der Waals surface area contributed by atoms with Gasteiger partial charge >= 0.3 is 0 Å². The first-order valence-electron chi connectivity index (χ1n) is 5.33. The van der Waals surface area contributed by atoms with Crippen LogP contribution < -0.4 is 0 Å². The molecule has 90 valence electrons. The molecule has 4 heteroatoms. The van der Waals surface area contributed by atoms with Crippen LogP contribution in [0.5, 0.6) is 0 Å². The van der Waals surface area contributed by atoms with E-state index in [4.69, 9.17) is 5.11 Å². The van der Waals surface area contributed by atoms with Crippen LogP contribution in [0.4, 0.5) is 4.39 Å². The molecular weight excluding hydrogens is 273 g/mol. The molecule has 1 aromatic rings. The van der Waals surface area contributed by atoms with Crippen LogP contribution in [0.2, 0.25) is 0 Å². The zero-order chi connectivity index (χ0) is 12.1. The molecule has 16 heavy (non-hydrogen) atoms. The summed E-state index contributed by atoms with van der Waals surface area (Å²) in [5.74, 6) is -0.242. The maximum Gasteiger partial charge on any atom is 0.124 e. The summed E-state index contributed by atoms with van der Waals surface area (Å²) in [6.07, 6.45) is 0. The van der Waals surface area contributed by atoms with Crippen LogP contribution in [-0.4, -0.2) is 29.2 Å². The SMILES string of the molecule is CC(C)N(CCO)Cc1ccc(F)cc1Br. The van der Waals surface area contributed by atoms with E-state index in [9.17, 15) is 4.39 Å². The minimum Gasteiger partial charge on any atom is -0.395 e. The lowest BCUT2D eigenvalue weighted by Gasteiger charge is -2.26. The van der Waals surface area contributed by atoms with E-state index in [2.05, 4.69) is 34.7 Å². The number of aliphatic hydroxyl groups excluding tert-OH is 1. The first-order valence-corrected chi connectivity index (χ1v) is 6.12. The Balaban J connectivity index is 2.77. The number of halogens is 2. The average molecular weight is 290 g/mol. The third kappa shape index (κ3) is 3.85. The Labute approximate surface area is 104 Å². The van der Waals surface area contributed by atoms with E-state index < -0.39 is 0 Å². The van der Waals surface area contributed by atoms with Crippen LogP contribution in [0.3, 0.4) is 0 Å². The largest absolute Gasteiger partial charge is 0.395 e. The highest BCUT2D eigenvalue weighted by Crippen LogP contribution is 2.20. The van der Waals surface area contributed by atoms with Gasteiger partial charge in [-0.25, -0.2) is 4.39 Å². The van der Waals surface area contributed by atoms with Crippen molar-refractivity contribution in [2.45, 2.75) is 26.4 Å². The van der Waals surface area contributed by atoms with Gasteiger partial charge in [-0.1, -0.05) is 22.0 Å². The molecule has 0 unspecified atom stereocenters. The van der Waals surface area contributed by atoms with E-state index in [1.165, 1.54) is 12.1 Å². The van der Waals surface area contributed by atoms with E-state index >= 15 is 0 Å². The van der Waals surface area contributed by atoms with Crippen LogP contribution in [0.15, 0.2) is 22.7 Å². The van der Waals surface area contributed by atoms with Crippen molar-refractivity contribution in [3.63, 3.8) is 0 Å². The summed E-state index contributed by atoms with van der Waals surface area (Å²) in [6, 6.07) is 5.04. The molecule has 1 aromatic carbocycles. The molecule has 1 rings (SSSR count). The second-order valence-electron chi connectivity index (χ2n) is 4.02. The third-order valence-corrected chi connectivity index (χ3v) is 3.24. The van der Waals surface area contributed by atoms with Gasteiger partial charge in [-0.05, 0) is 31.5 Å². The smallest absolute Gasteiger partial charge is 0.124 e. The number of nitrogens with zero attached hydrogens (tertiary/aromatic N) is 1. The predicted octanol–water partition coefficient (Wildman–Crippen LogP) is 2.79. The summed E-state index contributed by atoms with van der Waals surface area (Å²) in [4.78, 5) is 2.14. The van der Waals surface area contributed by atoms with E-state index in [1.54, 1.807) is 6.07 Å². The molecule has 0 aromatic heterocycles. The molecule has 2 nitrogen and oxygen atoms in total. The first-order chi connectivity index (χ1) is 7.54. The van der Waals surface area contributed by atoms with Gasteiger partial charge in [0.25, 0.3) is 0 Å². The molecule has 0 aliphatic rings. The van der Waals surface area contributed by atoms with Gasteiger partial charge in [0, 0.05) is 23.6 Å². The Bertz CT molecular complexity index is 344. The highest BCUT2D eigenvalue weighted by atomic mass is 79.9. The molecular formula is C12H17BrFNO. The molecule has 0 saturated heterocycles. The van der Waals surface area contributed by atoms with E-state index in [1.807, 2.05) is 0 Å². The van der Waals surface area contributed by atoms with Gasteiger partial charge in [0.1, 0.15) is 5.82 Å². The normalized spacial score (nSPS) is 11.4. The van der Waals surface area contributed by atoms with Crippen LogP contribution in [0.25, 0.3) is 0 Å². The van der Waals surface area contributed by atoms with Gasteiger partial charge in [0.15, 0.2) is 0 Å². The van der Waals surface area contributed by atoms with Crippen molar-refractivity contribution in [1.29, 1.82) is 0 Å². The van der Waals surface area contributed by atoms with Crippen molar-refractivity contribution in [3.8, 4) is 0 Å². The maximum absolute atomic E-state index is 12.9. The van der Waals surface area contributed by atoms with Gasteiger partial charge < -0.3 is 5.11 Å². The zero-order valence-electron chi connectivity index (χ0n) is 9.58. The van der Waals surface area contributed by atoms with Crippen molar-refractivity contribution < 1.29 is 9.50 Å². The Morgan fingerprint density at radius 2 is 2.12 bits per heavy atom. The number of rotatable bonds is 5. The molecule has 0 radical (unpaired) electrons. The molecule has 0 aliphatic carbocycles. The summed E-state index contributed by atoms with van der Waals surface area (Å²) < 4.78 is 13.7. The summed E-state index contributed by atoms with van der Waals surface area (Å²) in [7, 11) is 0. The topological polar surface area (TPSA) is 23.5 Å². The second-order valence-corrected chi connectivity index (χ2v) is 4.88. The van der Waals surface area contributed by atoms with Crippen molar-refractivity contribution in [2.75, 3.05) is 13.2 Å². The number of hydrogen-bond donors (Lipinski definition) is 1. The summed E-state index contributed by atoms with van der Waals surface area (Å²) in [5, 5.41) is 8.96. The summed E-state index contributed by atoms with van der Waals surface area (Å²) in [6.45, 7) is 5.62. The van der Waals surface area contributed by atoms with E-state index in [-0.39, 0.29) is 12.4 Å². The molecule has 0 aliphatic heterocycles. The van der Waals surface area contributed by atoms with Gasteiger partial charge in [-0.15, -0.1) is 0 Å². The highest BCUT2D eigenvalue weighted by Gasteiger charge is 2.11. The Morgan fingerprint density at radius 3 is 2.62 bits per heavy atom. The van der Waals surface area contributed by atoms with Gasteiger partial charge in [-0.3, -0.25) is 4.90 Å². The molecule has 0 fully saturated rings. The highest BCUT2D eigenvalue weighted by molar-refractivity contribution is 9.10. The summed E-state index contributed by atoms with van der Waals surface area (Å²) in [5.41, 5.74) is 1.03. The minimum absolute atomic E-state index is 0.136. The minimum atomic E-state index is -0.242. The molecule has 0 heterocycles. The fourth-order valence-electron chi connectivity index (χ4n) is 1.52. The first kappa shape index (κ1) is 13.6. The van der Waals surface area contributed by atoms with Gasteiger partial charge in [0.05, 0.1) is 6.61 Å². The number of aliphatic hydroxyl groups is 1. The second kappa shape index (κ2) is 6.33. The van der Waals surface area contributed by atoms with Crippen molar-refractivity contribution in [2.24, 2.45) is 0 Å². The van der Waals surface area contributed by atoms with Crippen molar-refractivity contribution in [1.82, 2.24) is 4.90 Å². The van der Waals surface area contributed by atoms with Crippen LogP contribution in [0, 0.1) is 5.82 Å².